The van der Waals surface area contributed by atoms with Crippen LogP contribution in [0, 0.1) is 0 Å². The largest absolute Gasteiger partial charge is 0.444 e. The third kappa shape index (κ3) is 6.17. The molecule has 1 aromatic rings. The van der Waals surface area contributed by atoms with Crippen LogP contribution in [0.4, 0.5) is 4.79 Å². The number of carbonyl (C=O) groups excluding carboxylic acids is 1. The topological polar surface area (TPSA) is 72.3 Å². The van der Waals surface area contributed by atoms with E-state index in [0.717, 1.165) is 38.9 Å². The Morgan fingerprint density at radius 1 is 1.39 bits per heavy atom. The van der Waals surface area contributed by atoms with E-state index in [1.54, 1.807) is 12.7 Å². The van der Waals surface area contributed by atoms with Crippen molar-refractivity contribution in [3.8, 4) is 0 Å². The Hall–Kier alpha value is -1.63. The van der Waals surface area contributed by atoms with Crippen LogP contribution in [0.25, 0.3) is 0 Å². The lowest BCUT2D eigenvalue weighted by Gasteiger charge is -2.26. The molecule has 0 aliphatic carbocycles. The molecule has 1 aliphatic rings. The van der Waals surface area contributed by atoms with Gasteiger partial charge in [0.15, 0.2) is 0 Å². The predicted octanol–water partition coefficient (Wildman–Crippen LogP) is 2.05. The first-order chi connectivity index (χ1) is 10.8. The Labute approximate surface area is 138 Å². The van der Waals surface area contributed by atoms with E-state index in [4.69, 9.17) is 4.74 Å². The van der Waals surface area contributed by atoms with E-state index >= 15 is 0 Å². The second kappa shape index (κ2) is 7.77. The number of rotatable bonds is 4. The van der Waals surface area contributed by atoms with Gasteiger partial charge in [0.25, 0.3) is 0 Å². The van der Waals surface area contributed by atoms with Crippen molar-refractivity contribution >= 4 is 6.09 Å². The molecule has 130 valence electrons. The molecule has 1 N–H and O–H groups in total. The average molecular weight is 323 g/mol. The summed E-state index contributed by atoms with van der Waals surface area (Å²) in [5.74, 6) is 0. The maximum atomic E-state index is 12.2. The van der Waals surface area contributed by atoms with Crippen molar-refractivity contribution in [3.05, 3.63) is 12.7 Å². The SMILES string of the molecule is C[C@@H](Cn1cncn1)N[C@H]1CCCN(C(=O)OC(C)(C)C)CC1. The number of nitrogens with one attached hydrogen (secondary N) is 1. The fraction of sp³-hybridized carbons (Fsp3) is 0.812. The van der Waals surface area contributed by atoms with Crippen molar-refractivity contribution in [1.29, 1.82) is 0 Å². The molecule has 1 fully saturated rings. The number of likely N-dealkylation sites (tertiary alicyclic amines) is 1. The van der Waals surface area contributed by atoms with Crippen molar-refractivity contribution in [3.63, 3.8) is 0 Å². The van der Waals surface area contributed by atoms with Gasteiger partial charge in [-0.2, -0.15) is 5.10 Å². The van der Waals surface area contributed by atoms with Gasteiger partial charge in [-0.15, -0.1) is 0 Å². The highest BCUT2D eigenvalue weighted by molar-refractivity contribution is 5.68. The first-order valence-corrected chi connectivity index (χ1v) is 8.40. The lowest BCUT2D eigenvalue weighted by molar-refractivity contribution is 0.0256. The van der Waals surface area contributed by atoms with E-state index < -0.39 is 5.60 Å². The molecule has 0 bridgehead atoms. The van der Waals surface area contributed by atoms with Crippen LogP contribution in [-0.4, -0.2) is 56.5 Å². The molecule has 23 heavy (non-hydrogen) atoms. The lowest BCUT2D eigenvalue weighted by atomic mass is 10.1. The van der Waals surface area contributed by atoms with Gasteiger partial charge in [-0.3, -0.25) is 4.68 Å². The molecule has 1 amide bonds. The van der Waals surface area contributed by atoms with Gasteiger partial charge >= 0.3 is 6.09 Å². The fourth-order valence-electron chi connectivity index (χ4n) is 2.83. The minimum atomic E-state index is -0.437. The summed E-state index contributed by atoms with van der Waals surface area (Å²) in [5.41, 5.74) is -0.437. The van der Waals surface area contributed by atoms with E-state index in [2.05, 4.69) is 22.3 Å². The quantitative estimate of drug-likeness (QED) is 0.918. The summed E-state index contributed by atoms with van der Waals surface area (Å²) in [7, 11) is 0. The van der Waals surface area contributed by atoms with E-state index in [-0.39, 0.29) is 6.09 Å². The Morgan fingerprint density at radius 2 is 2.17 bits per heavy atom. The van der Waals surface area contributed by atoms with E-state index in [9.17, 15) is 4.79 Å². The minimum Gasteiger partial charge on any atom is -0.444 e. The molecule has 7 heteroatoms. The summed E-state index contributed by atoms with van der Waals surface area (Å²) >= 11 is 0. The Balaban J connectivity index is 1.78. The van der Waals surface area contributed by atoms with Crippen LogP contribution < -0.4 is 5.32 Å². The Bertz CT molecular complexity index is 483. The van der Waals surface area contributed by atoms with Crippen molar-refractivity contribution < 1.29 is 9.53 Å². The summed E-state index contributed by atoms with van der Waals surface area (Å²) in [6.45, 7) is 10.2. The molecule has 1 saturated heterocycles. The van der Waals surface area contributed by atoms with Crippen LogP contribution in [0.1, 0.15) is 47.0 Å². The molecule has 0 unspecified atom stereocenters. The molecule has 1 aromatic heterocycles. The molecule has 0 aromatic carbocycles. The maximum Gasteiger partial charge on any atom is 0.410 e. The van der Waals surface area contributed by atoms with Crippen LogP contribution in [0.5, 0.6) is 0 Å². The zero-order valence-electron chi connectivity index (χ0n) is 14.7. The van der Waals surface area contributed by atoms with Gasteiger partial charge < -0.3 is 15.0 Å². The highest BCUT2D eigenvalue weighted by atomic mass is 16.6. The smallest absolute Gasteiger partial charge is 0.410 e. The molecular formula is C16H29N5O2. The molecule has 1 aliphatic heterocycles. The summed E-state index contributed by atoms with van der Waals surface area (Å²) in [6, 6.07) is 0.732. The molecule has 2 atom stereocenters. The van der Waals surface area contributed by atoms with Crippen molar-refractivity contribution in [2.45, 2.75) is 71.2 Å². The number of ether oxygens (including phenoxy) is 1. The van der Waals surface area contributed by atoms with Crippen LogP contribution in [0.2, 0.25) is 0 Å². The van der Waals surface area contributed by atoms with Crippen LogP contribution in [-0.2, 0) is 11.3 Å². The van der Waals surface area contributed by atoms with Gasteiger partial charge in [0, 0.05) is 25.2 Å². The third-order valence-electron chi connectivity index (χ3n) is 3.83. The van der Waals surface area contributed by atoms with Gasteiger partial charge in [0.05, 0.1) is 6.54 Å². The average Bonchev–Trinajstić information content (AvgIpc) is 2.81. The van der Waals surface area contributed by atoms with Crippen molar-refractivity contribution in [2.24, 2.45) is 0 Å². The number of amides is 1. The number of nitrogens with zero attached hydrogens (tertiary/aromatic N) is 4. The second-order valence-electron chi connectivity index (χ2n) is 7.28. The van der Waals surface area contributed by atoms with Crippen LogP contribution >= 0.6 is 0 Å². The Kier molecular flexibility index (Phi) is 5.98. The maximum absolute atomic E-state index is 12.2. The number of hydrogen-bond donors (Lipinski definition) is 1. The van der Waals surface area contributed by atoms with Crippen molar-refractivity contribution in [2.75, 3.05) is 13.1 Å². The van der Waals surface area contributed by atoms with E-state index in [0.29, 0.717) is 12.1 Å². The zero-order chi connectivity index (χ0) is 16.9. The molecule has 7 nitrogen and oxygen atoms in total. The lowest BCUT2D eigenvalue weighted by Crippen LogP contribution is -2.40. The Morgan fingerprint density at radius 3 is 2.83 bits per heavy atom. The molecule has 2 rings (SSSR count). The van der Waals surface area contributed by atoms with E-state index in [1.165, 1.54) is 0 Å². The molecule has 2 heterocycles. The first kappa shape index (κ1) is 17.7. The van der Waals surface area contributed by atoms with Crippen molar-refractivity contribution in [1.82, 2.24) is 25.0 Å². The molecule has 0 saturated carbocycles. The van der Waals surface area contributed by atoms with Gasteiger partial charge in [0.1, 0.15) is 18.3 Å². The summed E-state index contributed by atoms with van der Waals surface area (Å²) < 4.78 is 7.30. The summed E-state index contributed by atoms with van der Waals surface area (Å²) in [5, 5.41) is 7.77. The molecule has 0 radical (unpaired) electrons. The van der Waals surface area contributed by atoms with E-state index in [1.807, 2.05) is 30.4 Å². The third-order valence-corrected chi connectivity index (χ3v) is 3.83. The van der Waals surface area contributed by atoms with Crippen LogP contribution in [0.15, 0.2) is 12.7 Å². The standard InChI is InChI=1S/C16H29N5O2/c1-13(10-21-12-17-11-18-21)19-14-6-5-8-20(9-7-14)15(22)23-16(2,3)4/h11-14,19H,5-10H2,1-4H3/t13-,14-/m0/s1. The fourth-order valence-corrected chi connectivity index (χ4v) is 2.83. The van der Waals surface area contributed by atoms with Gasteiger partial charge in [-0.1, -0.05) is 0 Å². The molecule has 0 spiro atoms. The normalized spacial score (nSPS) is 20.9. The zero-order valence-corrected chi connectivity index (χ0v) is 14.7. The number of carbonyl (C=O) groups is 1. The predicted molar refractivity (Wildman–Crippen MR) is 88.1 cm³/mol. The van der Waals surface area contributed by atoms with Gasteiger partial charge in [-0.25, -0.2) is 9.78 Å². The van der Waals surface area contributed by atoms with Gasteiger partial charge in [-0.05, 0) is 47.0 Å². The van der Waals surface area contributed by atoms with Crippen LogP contribution in [0.3, 0.4) is 0 Å². The highest BCUT2D eigenvalue weighted by Gasteiger charge is 2.25. The number of hydrogen-bond acceptors (Lipinski definition) is 5. The monoisotopic (exact) mass is 323 g/mol. The summed E-state index contributed by atoms with van der Waals surface area (Å²) in [6.07, 6.45) is 6.09. The highest BCUT2D eigenvalue weighted by Crippen LogP contribution is 2.16. The molecular weight excluding hydrogens is 294 g/mol. The minimum absolute atomic E-state index is 0.200. The second-order valence-corrected chi connectivity index (χ2v) is 7.28. The first-order valence-electron chi connectivity index (χ1n) is 8.40. The number of aromatic nitrogens is 3. The summed E-state index contributed by atoms with van der Waals surface area (Å²) in [4.78, 5) is 18.0. The van der Waals surface area contributed by atoms with Gasteiger partial charge in [0.2, 0.25) is 0 Å².